The van der Waals surface area contributed by atoms with E-state index in [9.17, 15) is 4.21 Å². The first-order valence-electron chi connectivity index (χ1n) is 7.86. The Bertz CT molecular complexity index is 977. The van der Waals surface area contributed by atoms with E-state index in [1.807, 2.05) is 42.5 Å². The van der Waals surface area contributed by atoms with Crippen LogP contribution in [0.15, 0.2) is 48.7 Å². The van der Waals surface area contributed by atoms with Crippen molar-refractivity contribution in [3.63, 3.8) is 0 Å². The molecule has 0 bridgehead atoms. The molecule has 0 spiro atoms. The van der Waals surface area contributed by atoms with Crippen LogP contribution in [0, 0.1) is 0 Å². The Kier molecular flexibility index (Phi) is 4.03. The maximum absolute atomic E-state index is 11.0. The third-order valence-corrected chi connectivity index (χ3v) is 4.81. The van der Waals surface area contributed by atoms with Gasteiger partial charge in [-0.1, -0.05) is 6.07 Å². The first kappa shape index (κ1) is 15.9. The Morgan fingerprint density at radius 2 is 2.08 bits per heavy atom. The van der Waals surface area contributed by atoms with Gasteiger partial charge in [0.2, 0.25) is 0 Å². The molecule has 1 atom stereocenters. The molecule has 2 heterocycles. The van der Waals surface area contributed by atoms with Crippen LogP contribution >= 0.6 is 0 Å². The van der Waals surface area contributed by atoms with Gasteiger partial charge in [0.1, 0.15) is 5.75 Å². The average Bonchev–Trinajstić information content (AvgIpc) is 3.03. The van der Waals surface area contributed by atoms with Crippen molar-refractivity contribution in [3.8, 4) is 5.75 Å². The Morgan fingerprint density at radius 3 is 2.88 bits per heavy atom. The van der Waals surface area contributed by atoms with Crippen molar-refractivity contribution in [2.24, 2.45) is 0 Å². The van der Waals surface area contributed by atoms with Crippen LogP contribution in [-0.2, 0) is 17.7 Å². The summed E-state index contributed by atoms with van der Waals surface area (Å²) in [4.78, 5) is 6.66. The van der Waals surface area contributed by atoms with Crippen LogP contribution in [0.4, 0.5) is 17.1 Å². The highest BCUT2D eigenvalue weighted by Crippen LogP contribution is 2.39. The lowest BCUT2D eigenvalue weighted by Crippen LogP contribution is -2.14. The van der Waals surface area contributed by atoms with Gasteiger partial charge in [-0.05, 0) is 42.3 Å². The number of pyridine rings is 1. The van der Waals surface area contributed by atoms with Gasteiger partial charge in [0.25, 0.3) is 11.3 Å². The summed E-state index contributed by atoms with van der Waals surface area (Å²) in [6.45, 7) is 0.853. The molecule has 1 aromatic heterocycles. The number of nitrogens with one attached hydrogen (secondary N) is 1. The van der Waals surface area contributed by atoms with Gasteiger partial charge in [-0.3, -0.25) is 14.3 Å². The second-order valence-electron chi connectivity index (χ2n) is 5.81. The van der Waals surface area contributed by atoms with Crippen molar-refractivity contribution in [2.75, 3.05) is 23.3 Å². The van der Waals surface area contributed by atoms with E-state index in [-0.39, 0.29) is 0 Å². The van der Waals surface area contributed by atoms with Crippen molar-refractivity contribution in [2.45, 2.75) is 6.42 Å². The molecular weight excluding hydrogens is 338 g/mol. The Hall–Kier alpha value is -2.64. The molecular formula is C18H17N3O3S. The Balaban J connectivity index is 1.80. The summed E-state index contributed by atoms with van der Waals surface area (Å²) in [6, 6.07) is 13.6. The van der Waals surface area contributed by atoms with E-state index in [1.54, 1.807) is 13.3 Å². The third kappa shape index (κ3) is 2.92. The fourth-order valence-corrected chi connectivity index (χ4v) is 3.60. The van der Waals surface area contributed by atoms with E-state index in [0.29, 0.717) is 5.69 Å². The van der Waals surface area contributed by atoms with Gasteiger partial charge in [-0.25, -0.2) is 4.21 Å². The molecule has 1 aliphatic rings. The quantitative estimate of drug-likeness (QED) is 0.701. The molecule has 3 aromatic rings. The summed E-state index contributed by atoms with van der Waals surface area (Å²) in [5, 5.41) is 1.04. The fraction of sp³-hybridized carbons (Fsp3) is 0.167. The van der Waals surface area contributed by atoms with Gasteiger partial charge in [0.05, 0.1) is 24.0 Å². The summed E-state index contributed by atoms with van der Waals surface area (Å²) in [5.74, 6) is 0.774. The number of aromatic nitrogens is 1. The predicted molar refractivity (Wildman–Crippen MR) is 99.8 cm³/mol. The largest absolute Gasteiger partial charge is 0.497 e. The number of fused-ring (bicyclic) bond motifs is 2. The van der Waals surface area contributed by atoms with E-state index < -0.39 is 11.3 Å². The number of hydrogen-bond donors (Lipinski definition) is 2. The predicted octanol–water partition coefficient (Wildman–Crippen LogP) is 3.49. The lowest BCUT2D eigenvalue weighted by Gasteiger charge is -2.22. The van der Waals surface area contributed by atoms with Crippen LogP contribution in [-0.4, -0.2) is 27.4 Å². The van der Waals surface area contributed by atoms with Crippen LogP contribution in [0.25, 0.3) is 10.9 Å². The fourth-order valence-electron chi connectivity index (χ4n) is 3.27. The average molecular weight is 355 g/mol. The van der Waals surface area contributed by atoms with Gasteiger partial charge in [-0.15, -0.1) is 0 Å². The zero-order valence-corrected chi connectivity index (χ0v) is 14.4. The van der Waals surface area contributed by atoms with E-state index in [0.717, 1.165) is 41.0 Å². The zero-order chi connectivity index (χ0) is 17.4. The molecule has 2 N–H and O–H groups in total. The van der Waals surface area contributed by atoms with Crippen molar-refractivity contribution in [3.05, 3.63) is 54.2 Å². The van der Waals surface area contributed by atoms with Gasteiger partial charge >= 0.3 is 0 Å². The number of hydrogen-bond acceptors (Lipinski definition) is 4. The maximum Gasteiger partial charge on any atom is 0.259 e. The molecule has 1 aliphatic heterocycles. The standard InChI is InChI=1S/C18H17N3O3S/c1-24-14-4-5-15-16(11-14)19-8-6-17(15)21-9-7-12-2-3-13(10-18(12)21)20-25(22)23/h2-6,8,10-11,20H,7,9H2,1H3,(H,22,23). The van der Waals surface area contributed by atoms with E-state index >= 15 is 0 Å². The lowest BCUT2D eigenvalue weighted by atomic mass is 10.1. The van der Waals surface area contributed by atoms with Crippen molar-refractivity contribution >= 4 is 39.2 Å². The molecule has 0 radical (unpaired) electrons. The third-order valence-electron chi connectivity index (χ3n) is 4.40. The molecule has 0 aliphatic carbocycles. The molecule has 0 saturated carbocycles. The van der Waals surface area contributed by atoms with Gasteiger partial charge in [0.15, 0.2) is 0 Å². The zero-order valence-electron chi connectivity index (χ0n) is 13.6. The Labute approximate surface area is 147 Å². The van der Waals surface area contributed by atoms with Crippen molar-refractivity contribution < 1.29 is 13.5 Å². The number of nitrogens with zero attached hydrogens (tertiary/aromatic N) is 2. The summed E-state index contributed by atoms with van der Waals surface area (Å²) in [6.07, 6.45) is 2.72. The normalized spacial score (nSPS) is 14.4. The SMILES string of the molecule is COc1ccc2c(N3CCc4ccc(NS(=O)O)cc43)ccnc2c1. The molecule has 4 rings (SSSR count). The highest BCUT2D eigenvalue weighted by atomic mass is 32.2. The number of rotatable bonds is 4. The highest BCUT2D eigenvalue weighted by Gasteiger charge is 2.22. The van der Waals surface area contributed by atoms with Crippen LogP contribution in [0.5, 0.6) is 5.75 Å². The lowest BCUT2D eigenvalue weighted by molar-refractivity contribution is 0.415. The first-order chi connectivity index (χ1) is 12.2. The molecule has 7 heteroatoms. The number of benzene rings is 2. The second kappa shape index (κ2) is 6.34. The van der Waals surface area contributed by atoms with Crippen LogP contribution in [0.2, 0.25) is 0 Å². The molecule has 25 heavy (non-hydrogen) atoms. The molecule has 2 aromatic carbocycles. The smallest absolute Gasteiger partial charge is 0.259 e. The summed E-state index contributed by atoms with van der Waals surface area (Å²) in [5.41, 5.74) is 4.81. The minimum absolute atomic E-state index is 0.617. The first-order valence-corrected chi connectivity index (χ1v) is 8.97. The molecule has 1 unspecified atom stereocenters. The molecule has 0 amide bonds. The second-order valence-corrected chi connectivity index (χ2v) is 6.51. The van der Waals surface area contributed by atoms with E-state index in [1.165, 1.54) is 5.56 Å². The van der Waals surface area contributed by atoms with Crippen LogP contribution in [0.3, 0.4) is 0 Å². The Morgan fingerprint density at radius 1 is 1.20 bits per heavy atom. The maximum atomic E-state index is 11.0. The number of anilines is 3. The summed E-state index contributed by atoms with van der Waals surface area (Å²) >= 11 is -2.09. The minimum atomic E-state index is -2.09. The van der Waals surface area contributed by atoms with Crippen molar-refractivity contribution in [1.82, 2.24) is 4.98 Å². The van der Waals surface area contributed by atoms with E-state index in [2.05, 4.69) is 14.6 Å². The summed E-state index contributed by atoms with van der Waals surface area (Å²) < 4.78 is 27.9. The molecule has 0 fully saturated rings. The number of ether oxygens (including phenoxy) is 1. The van der Waals surface area contributed by atoms with E-state index in [4.69, 9.17) is 9.29 Å². The van der Waals surface area contributed by atoms with Crippen molar-refractivity contribution in [1.29, 1.82) is 0 Å². The summed E-state index contributed by atoms with van der Waals surface area (Å²) in [7, 11) is 1.64. The monoisotopic (exact) mass is 355 g/mol. The van der Waals surface area contributed by atoms with Gasteiger partial charge < -0.3 is 9.64 Å². The van der Waals surface area contributed by atoms with Gasteiger partial charge in [0, 0.05) is 29.9 Å². The number of methoxy groups -OCH3 is 1. The minimum Gasteiger partial charge on any atom is -0.497 e. The highest BCUT2D eigenvalue weighted by molar-refractivity contribution is 7.80. The molecule has 128 valence electrons. The van der Waals surface area contributed by atoms with Gasteiger partial charge in [-0.2, -0.15) is 0 Å². The molecule has 6 nitrogen and oxygen atoms in total. The molecule has 0 saturated heterocycles. The topological polar surface area (TPSA) is 74.7 Å². The van der Waals surface area contributed by atoms with Crippen LogP contribution in [0.1, 0.15) is 5.56 Å². The van der Waals surface area contributed by atoms with Crippen LogP contribution < -0.4 is 14.4 Å².